The average molecular weight is 263 g/mol. The van der Waals surface area contributed by atoms with Gasteiger partial charge in [-0.05, 0) is 49.2 Å². The predicted octanol–water partition coefficient (Wildman–Crippen LogP) is 3.86. The molecule has 1 heterocycles. The van der Waals surface area contributed by atoms with Crippen LogP contribution in [0, 0.1) is 6.92 Å². The van der Waals surface area contributed by atoms with E-state index in [2.05, 4.69) is 4.98 Å². The molecule has 94 valence electrons. The summed E-state index contributed by atoms with van der Waals surface area (Å²) in [6.45, 7) is 3.86. The van der Waals surface area contributed by atoms with E-state index in [-0.39, 0.29) is 6.04 Å². The van der Waals surface area contributed by atoms with Crippen molar-refractivity contribution >= 4 is 11.6 Å². The Kier molecular flexibility index (Phi) is 3.84. The van der Waals surface area contributed by atoms with E-state index in [0.29, 0.717) is 10.9 Å². The summed E-state index contributed by atoms with van der Waals surface area (Å²) in [6.07, 6.45) is 1.69. The van der Waals surface area contributed by atoms with Crippen molar-refractivity contribution in [2.24, 2.45) is 5.73 Å². The van der Waals surface area contributed by atoms with E-state index in [1.54, 1.807) is 12.3 Å². The van der Waals surface area contributed by atoms with Gasteiger partial charge in [-0.1, -0.05) is 11.6 Å². The topological polar surface area (TPSA) is 48.1 Å². The predicted molar refractivity (Wildman–Crippen MR) is 73.1 cm³/mol. The van der Waals surface area contributed by atoms with E-state index in [0.717, 1.165) is 16.9 Å². The fourth-order valence-corrected chi connectivity index (χ4v) is 1.83. The fraction of sp³-hybridized carbons (Fsp3) is 0.214. The van der Waals surface area contributed by atoms with Gasteiger partial charge in [-0.15, -0.1) is 0 Å². The summed E-state index contributed by atoms with van der Waals surface area (Å²) in [6, 6.07) is 9.16. The molecule has 4 heteroatoms. The number of ether oxygens (including phenoxy) is 1. The SMILES string of the molecule is Cc1cc(Cl)ccc1Oc1cc(C(C)N)ccn1. The maximum Gasteiger partial charge on any atom is 0.219 e. The van der Waals surface area contributed by atoms with Gasteiger partial charge in [0.25, 0.3) is 0 Å². The molecule has 18 heavy (non-hydrogen) atoms. The van der Waals surface area contributed by atoms with E-state index in [1.165, 1.54) is 0 Å². The maximum atomic E-state index is 5.90. The van der Waals surface area contributed by atoms with Gasteiger partial charge in [0.05, 0.1) is 0 Å². The van der Waals surface area contributed by atoms with Crippen LogP contribution in [0.15, 0.2) is 36.5 Å². The quantitative estimate of drug-likeness (QED) is 0.914. The summed E-state index contributed by atoms with van der Waals surface area (Å²) in [5.41, 5.74) is 7.79. The molecule has 0 aliphatic rings. The van der Waals surface area contributed by atoms with Crippen LogP contribution >= 0.6 is 11.6 Å². The number of nitrogens with two attached hydrogens (primary N) is 1. The molecule has 1 atom stereocenters. The van der Waals surface area contributed by atoms with E-state index < -0.39 is 0 Å². The minimum atomic E-state index is -0.0401. The number of aromatic nitrogens is 1. The molecule has 0 aliphatic carbocycles. The Morgan fingerprint density at radius 2 is 2.06 bits per heavy atom. The molecule has 2 N–H and O–H groups in total. The average Bonchev–Trinajstić information content (AvgIpc) is 2.33. The lowest BCUT2D eigenvalue weighted by Gasteiger charge is -2.10. The van der Waals surface area contributed by atoms with Gasteiger partial charge in [-0.25, -0.2) is 4.98 Å². The highest BCUT2D eigenvalue weighted by Crippen LogP contribution is 2.27. The third-order valence-electron chi connectivity index (χ3n) is 2.64. The molecule has 1 aromatic heterocycles. The minimum absolute atomic E-state index is 0.0401. The third kappa shape index (κ3) is 3.00. The van der Waals surface area contributed by atoms with Gasteiger partial charge in [0, 0.05) is 23.3 Å². The molecule has 0 radical (unpaired) electrons. The van der Waals surface area contributed by atoms with Crippen molar-refractivity contribution in [1.82, 2.24) is 4.98 Å². The van der Waals surface area contributed by atoms with E-state index >= 15 is 0 Å². The molecular weight excluding hydrogens is 248 g/mol. The van der Waals surface area contributed by atoms with Crippen molar-refractivity contribution in [3.63, 3.8) is 0 Å². The first-order chi connectivity index (χ1) is 8.56. The van der Waals surface area contributed by atoms with Gasteiger partial charge < -0.3 is 10.5 Å². The van der Waals surface area contributed by atoms with Crippen molar-refractivity contribution in [2.75, 3.05) is 0 Å². The number of benzene rings is 1. The highest BCUT2D eigenvalue weighted by molar-refractivity contribution is 6.30. The Balaban J connectivity index is 2.25. The maximum absolute atomic E-state index is 5.90. The lowest BCUT2D eigenvalue weighted by Crippen LogP contribution is -2.05. The van der Waals surface area contributed by atoms with Gasteiger partial charge in [-0.3, -0.25) is 0 Å². The lowest BCUT2D eigenvalue weighted by atomic mass is 10.1. The van der Waals surface area contributed by atoms with E-state index in [1.807, 2.05) is 38.1 Å². The third-order valence-corrected chi connectivity index (χ3v) is 2.87. The van der Waals surface area contributed by atoms with Crippen LogP contribution < -0.4 is 10.5 Å². The van der Waals surface area contributed by atoms with Gasteiger partial charge in [-0.2, -0.15) is 0 Å². The first-order valence-electron chi connectivity index (χ1n) is 5.72. The van der Waals surface area contributed by atoms with Crippen molar-refractivity contribution in [3.8, 4) is 11.6 Å². The summed E-state index contributed by atoms with van der Waals surface area (Å²) < 4.78 is 5.73. The standard InChI is InChI=1S/C14H15ClN2O/c1-9-7-12(15)3-4-13(9)18-14-8-11(10(2)16)5-6-17-14/h3-8,10H,16H2,1-2H3. The van der Waals surface area contributed by atoms with Crippen molar-refractivity contribution in [3.05, 3.63) is 52.7 Å². The fourth-order valence-electron chi connectivity index (χ4n) is 1.60. The molecule has 0 bridgehead atoms. The van der Waals surface area contributed by atoms with Crippen LogP contribution in [0.25, 0.3) is 0 Å². The molecule has 3 nitrogen and oxygen atoms in total. The molecule has 0 spiro atoms. The zero-order valence-electron chi connectivity index (χ0n) is 10.4. The number of aryl methyl sites for hydroxylation is 1. The van der Waals surface area contributed by atoms with Crippen molar-refractivity contribution < 1.29 is 4.74 Å². The van der Waals surface area contributed by atoms with Crippen LogP contribution in [-0.2, 0) is 0 Å². The van der Waals surface area contributed by atoms with Crippen LogP contribution in [0.5, 0.6) is 11.6 Å². The first kappa shape index (κ1) is 12.9. The summed E-state index contributed by atoms with van der Waals surface area (Å²) in [5, 5.41) is 0.692. The molecule has 2 aromatic rings. The molecule has 0 aliphatic heterocycles. The van der Waals surface area contributed by atoms with Crippen LogP contribution in [0.4, 0.5) is 0 Å². The zero-order valence-corrected chi connectivity index (χ0v) is 11.1. The Morgan fingerprint density at radius 1 is 1.28 bits per heavy atom. The Hall–Kier alpha value is -1.58. The summed E-state index contributed by atoms with van der Waals surface area (Å²) in [4.78, 5) is 4.17. The number of hydrogen-bond acceptors (Lipinski definition) is 3. The van der Waals surface area contributed by atoms with Crippen LogP contribution in [0.2, 0.25) is 5.02 Å². The Morgan fingerprint density at radius 3 is 2.72 bits per heavy atom. The number of pyridine rings is 1. The van der Waals surface area contributed by atoms with E-state index in [4.69, 9.17) is 22.1 Å². The Labute approximate surface area is 112 Å². The minimum Gasteiger partial charge on any atom is -0.439 e. The van der Waals surface area contributed by atoms with Gasteiger partial charge in [0.1, 0.15) is 5.75 Å². The van der Waals surface area contributed by atoms with Crippen LogP contribution in [-0.4, -0.2) is 4.98 Å². The lowest BCUT2D eigenvalue weighted by molar-refractivity contribution is 0.458. The first-order valence-corrected chi connectivity index (χ1v) is 6.09. The van der Waals surface area contributed by atoms with Crippen LogP contribution in [0.3, 0.4) is 0 Å². The molecule has 0 saturated heterocycles. The summed E-state index contributed by atoms with van der Waals surface area (Å²) in [7, 11) is 0. The molecule has 0 fully saturated rings. The van der Waals surface area contributed by atoms with Crippen molar-refractivity contribution in [2.45, 2.75) is 19.9 Å². The molecule has 2 rings (SSSR count). The van der Waals surface area contributed by atoms with Gasteiger partial charge in [0.15, 0.2) is 0 Å². The molecule has 0 saturated carbocycles. The normalized spacial score (nSPS) is 12.2. The van der Waals surface area contributed by atoms with E-state index in [9.17, 15) is 0 Å². The van der Waals surface area contributed by atoms with Gasteiger partial charge in [0.2, 0.25) is 5.88 Å². The number of hydrogen-bond donors (Lipinski definition) is 1. The smallest absolute Gasteiger partial charge is 0.219 e. The number of rotatable bonds is 3. The molecule has 1 unspecified atom stereocenters. The second-order valence-corrected chi connectivity index (χ2v) is 4.66. The summed E-state index contributed by atoms with van der Waals surface area (Å²) >= 11 is 5.90. The Bertz CT molecular complexity index is 555. The zero-order chi connectivity index (χ0) is 13.1. The van der Waals surface area contributed by atoms with Gasteiger partial charge >= 0.3 is 0 Å². The number of nitrogens with zero attached hydrogens (tertiary/aromatic N) is 1. The molecule has 1 aromatic carbocycles. The summed E-state index contributed by atoms with van der Waals surface area (Å²) in [5.74, 6) is 1.28. The molecular formula is C14H15ClN2O. The second kappa shape index (κ2) is 5.38. The number of halogens is 1. The monoisotopic (exact) mass is 262 g/mol. The van der Waals surface area contributed by atoms with Crippen molar-refractivity contribution in [1.29, 1.82) is 0 Å². The molecule has 0 amide bonds. The highest BCUT2D eigenvalue weighted by Gasteiger charge is 2.05. The largest absolute Gasteiger partial charge is 0.439 e. The second-order valence-electron chi connectivity index (χ2n) is 4.23. The van der Waals surface area contributed by atoms with Crippen LogP contribution in [0.1, 0.15) is 24.1 Å². The highest BCUT2D eigenvalue weighted by atomic mass is 35.5.